The SMILES string of the molecule is O=C(C1CCCc2cc(Cl)c(Cl)cc21)N1CCOCC1CN1CCCC1. The summed E-state index contributed by atoms with van der Waals surface area (Å²) >= 11 is 12.5. The van der Waals surface area contributed by atoms with Crippen LogP contribution in [0.3, 0.4) is 0 Å². The molecule has 0 bridgehead atoms. The van der Waals surface area contributed by atoms with Gasteiger partial charge >= 0.3 is 0 Å². The third-order valence-electron chi connectivity index (χ3n) is 5.97. The quantitative estimate of drug-likeness (QED) is 0.779. The van der Waals surface area contributed by atoms with Gasteiger partial charge < -0.3 is 14.5 Å². The van der Waals surface area contributed by atoms with Crippen LogP contribution >= 0.6 is 23.2 Å². The number of amides is 1. The van der Waals surface area contributed by atoms with Gasteiger partial charge in [-0.2, -0.15) is 0 Å². The molecular weight excluding hydrogens is 371 g/mol. The second-order valence-electron chi connectivity index (χ2n) is 7.68. The van der Waals surface area contributed by atoms with Gasteiger partial charge in [0.25, 0.3) is 0 Å². The Morgan fingerprint density at radius 3 is 2.69 bits per heavy atom. The summed E-state index contributed by atoms with van der Waals surface area (Å²) in [6.45, 7) is 5.15. The van der Waals surface area contributed by atoms with Gasteiger partial charge in [0, 0.05) is 13.1 Å². The van der Waals surface area contributed by atoms with Crippen molar-refractivity contribution in [2.45, 2.75) is 44.1 Å². The molecule has 2 aliphatic heterocycles. The number of hydrogen-bond acceptors (Lipinski definition) is 3. The van der Waals surface area contributed by atoms with Gasteiger partial charge in [-0.1, -0.05) is 23.2 Å². The first kappa shape index (κ1) is 18.5. The molecule has 0 N–H and O–H groups in total. The molecule has 0 saturated carbocycles. The van der Waals surface area contributed by atoms with E-state index in [1.165, 1.54) is 18.4 Å². The number of fused-ring (bicyclic) bond motifs is 1. The second-order valence-corrected chi connectivity index (χ2v) is 8.49. The first-order valence-electron chi connectivity index (χ1n) is 9.72. The van der Waals surface area contributed by atoms with Crippen molar-refractivity contribution in [3.8, 4) is 0 Å². The van der Waals surface area contributed by atoms with Crippen molar-refractivity contribution in [2.75, 3.05) is 39.4 Å². The Morgan fingerprint density at radius 1 is 1.12 bits per heavy atom. The fraction of sp³-hybridized carbons (Fsp3) is 0.650. The summed E-state index contributed by atoms with van der Waals surface area (Å²) in [4.78, 5) is 18.0. The predicted molar refractivity (Wildman–Crippen MR) is 104 cm³/mol. The van der Waals surface area contributed by atoms with E-state index >= 15 is 0 Å². The number of ether oxygens (including phenoxy) is 1. The van der Waals surface area contributed by atoms with Crippen molar-refractivity contribution in [1.29, 1.82) is 0 Å². The molecule has 1 aliphatic carbocycles. The van der Waals surface area contributed by atoms with E-state index in [1.807, 2.05) is 12.1 Å². The number of benzene rings is 1. The lowest BCUT2D eigenvalue weighted by molar-refractivity contribution is -0.142. The number of morpholine rings is 1. The molecule has 2 atom stereocenters. The molecule has 26 heavy (non-hydrogen) atoms. The Bertz CT molecular complexity index is 676. The Balaban J connectivity index is 1.55. The van der Waals surface area contributed by atoms with Gasteiger partial charge in [-0.25, -0.2) is 0 Å². The highest BCUT2D eigenvalue weighted by molar-refractivity contribution is 6.42. The van der Waals surface area contributed by atoms with E-state index in [-0.39, 0.29) is 17.9 Å². The third kappa shape index (κ3) is 3.75. The average Bonchev–Trinajstić information content (AvgIpc) is 3.15. The molecule has 2 unspecified atom stereocenters. The van der Waals surface area contributed by atoms with E-state index in [1.54, 1.807) is 0 Å². The monoisotopic (exact) mass is 396 g/mol. The minimum Gasteiger partial charge on any atom is -0.377 e. The normalized spacial score (nSPS) is 26.8. The minimum absolute atomic E-state index is 0.104. The lowest BCUT2D eigenvalue weighted by atomic mass is 9.81. The van der Waals surface area contributed by atoms with Gasteiger partial charge in [0.05, 0.1) is 35.2 Å². The molecule has 2 saturated heterocycles. The number of aryl methyl sites for hydroxylation is 1. The fourth-order valence-electron chi connectivity index (χ4n) is 4.61. The van der Waals surface area contributed by atoms with Crippen molar-refractivity contribution in [3.63, 3.8) is 0 Å². The Kier molecular flexibility index (Phi) is 5.75. The van der Waals surface area contributed by atoms with Crippen LogP contribution in [-0.4, -0.2) is 61.1 Å². The number of nitrogens with zero attached hydrogens (tertiary/aromatic N) is 2. The molecule has 2 fully saturated rings. The van der Waals surface area contributed by atoms with Crippen LogP contribution in [0, 0.1) is 0 Å². The summed E-state index contributed by atoms with van der Waals surface area (Å²) in [7, 11) is 0. The fourth-order valence-corrected chi connectivity index (χ4v) is 4.97. The molecule has 1 amide bonds. The Hall–Kier alpha value is -0.810. The van der Waals surface area contributed by atoms with E-state index in [2.05, 4.69) is 9.80 Å². The van der Waals surface area contributed by atoms with Gasteiger partial charge in [-0.15, -0.1) is 0 Å². The highest BCUT2D eigenvalue weighted by atomic mass is 35.5. The van der Waals surface area contributed by atoms with E-state index in [0.717, 1.165) is 44.5 Å². The summed E-state index contributed by atoms with van der Waals surface area (Å²) in [5.74, 6) is 0.129. The van der Waals surface area contributed by atoms with E-state index in [0.29, 0.717) is 29.8 Å². The second kappa shape index (κ2) is 8.05. The van der Waals surface area contributed by atoms with Crippen molar-refractivity contribution in [2.24, 2.45) is 0 Å². The highest BCUT2D eigenvalue weighted by Gasteiger charge is 2.36. The topological polar surface area (TPSA) is 32.8 Å². The van der Waals surface area contributed by atoms with Gasteiger partial charge in [0.1, 0.15) is 0 Å². The number of carbonyl (C=O) groups excluding carboxylic acids is 1. The standard InChI is InChI=1S/C20H26Cl2N2O2/c21-18-10-14-4-3-5-16(17(14)11-19(18)22)20(25)24-8-9-26-13-15(24)12-23-6-1-2-7-23/h10-11,15-16H,1-9,12-13H2. The maximum Gasteiger partial charge on any atom is 0.230 e. The molecular formula is C20H26Cl2N2O2. The van der Waals surface area contributed by atoms with Gasteiger partial charge in [0.15, 0.2) is 0 Å². The molecule has 4 nitrogen and oxygen atoms in total. The molecule has 3 aliphatic rings. The molecule has 1 aromatic carbocycles. The summed E-state index contributed by atoms with van der Waals surface area (Å²) in [5.41, 5.74) is 2.25. The molecule has 4 rings (SSSR count). The molecule has 0 spiro atoms. The maximum atomic E-state index is 13.5. The third-order valence-corrected chi connectivity index (χ3v) is 6.69. The first-order valence-corrected chi connectivity index (χ1v) is 10.5. The summed E-state index contributed by atoms with van der Waals surface area (Å²) < 4.78 is 5.71. The maximum absolute atomic E-state index is 13.5. The van der Waals surface area contributed by atoms with Crippen LogP contribution in [-0.2, 0) is 16.0 Å². The molecule has 2 heterocycles. The smallest absolute Gasteiger partial charge is 0.230 e. The number of carbonyl (C=O) groups is 1. The van der Waals surface area contributed by atoms with E-state index in [4.69, 9.17) is 27.9 Å². The zero-order valence-corrected chi connectivity index (χ0v) is 16.6. The highest BCUT2D eigenvalue weighted by Crippen LogP contribution is 2.38. The van der Waals surface area contributed by atoms with Crippen LogP contribution in [0.15, 0.2) is 12.1 Å². The number of halogens is 2. The average molecular weight is 397 g/mol. The van der Waals surface area contributed by atoms with Crippen molar-refractivity contribution in [1.82, 2.24) is 9.80 Å². The first-order chi connectivity index (χ1) is 12.6. The molecule has 0 aromatic heterocycles. The Morgan fingerprint density at radius 2 is 1.88 bits per heavy atom. The summed E-state index contributed by atoms with van der Waals surface area (Å²) in [6, 6.07) is 4.01. The molecule has 0 radical (unpaired) electrons. The van der Waals surface area contributed by atoms with Gasteiger partial charge in [-0.05, 0) is 68.5 Å². The van der Waals surface area contributed by atoms with Crippen molar-refractivity contribution in [3.05, 3.63) is 33.3 Å². The van der Waals surface area contributed by atoms with Gasteiger partial charge in [0.2, 0.25) is 5.91 Å². The van der Waals surface area contributed by atoms with Crippen molar-refractivity contribution >= 4 is 29.1 Å². The largest absolute Gasteiger partial charge is 0.377 e. The molecule has 6 heteroatoms. The van der Waals surface area contributed by atoms with Crippen LogP contribution in [0.2, 0.25) is 10.0 Å². The van der Waals surface area contributed by atoms with Crippen LogP contribution in [0.25, 0.3) is 0 Å². The lowest BCUT2D eigenvalue weighted by Gasteiger charge is -2.40. The van der Waals surface area contributed by atoms with Crippen LogP contribution in [0.1, 0.15) is 42.7 Å². The lowest BCUT2D eigenvalue weighted by Crippen LogP contribution is -2.54. The molecule has 142 valence electrons. The zero-order chi connectivity index (χ0) is 18.1. The van der Waals surface area contributed by atoms with Crippen LogP contribution in [0.4, 0.5) is 0 Å². The van der Waals surface area contributed by atoms with Crippen LogP contribution < -0.4 is 0 Å². The number of rotatable bonds is 3. The zero-order valence-electron chi connectivity index (χ0n) is 15.1. The van der Waals surface area contributed by atoms with Crippen molar-refractivity contribution < 1.29 is 9.53 Å². The van der Waals surface area contributed by atoms with Crippen LogP contribution in [0.5, 0.6) is 0 Å². The number of likely N-dealkylation sites (tertiary alicyclic amines) is 1. The van der Waals surface area contributed by atoms with E-state index in [9.17, 15) is 4.79 Å². The molecule has 1 aromatic rings. The van der Waals surface area contributed by atoms with E-state index < -0.39 is 0 Å². The summed E-state index contributed by atoms with van der Waals surface area (Å²) in [6.07, 6.45) is 5.39. The van der Waals surface area contributed by atoms with Gasteiger partial charge in [-0.3, -0.25) is 4.79 Å². The predicted octanol–water partition coefficient (Wildman–Crippen LogP) is 3.74. The number of hydrogen-bond donors (Lipinski definition) is 0. The Labute approximate surface area is 165 Å². The summed E-state index contributed by atoms with van der Waals surface area (Å²) in [5, 5.41) is 1.12. The minimum atomic E-state index is -0.104.